The Labute approximate surface area is 310 Å². The van der Waals surface area contributed by atoms with E-state index in [0.29, 0.717) is 23.5 Å². The van der Waals surface area contributed by atoms with Crippen LogP contribution >= 0.6 is 0 Å². The van der Waals surface area contributed by atoms with Crippen molar-refractivity contribution in [1.82, 2.24) is 9.88 Å². The van der Waals surface area contributed by atoms with Crippen molar-refractivity contribution < 1.29 is 28.3 Å². The van der Waals surface area contributed by atoms with E-state index in [1.807, 2.05) is 116 Å². The zero-order chi connectivity index (χ0) is 37.3. The van der Waals surface area contributed by atoms with E-state index in [4.69, 9.17) is 4.74 Å². The summed E-state index contributed by atoms with van der Waals surface area (Å²) < 4.78 is 23.2. The molecule has 2 aliphatic heterocycles. The molecule has 4 atom stereocenters. The molecule has 3 heterocycles. The number of carbonyl (C=O) groups is 3. The fourth-order valence-electron chi connectivity index (χ4n) is 8.46. The number of para-hydroxylation sites is 2. The summed E-state index contributed by atoms with van der Waals surface area (Å²) in [4.78, 5) is 48.3. The summed E-state index contributed by atoms with van der Waals surface area (Å²) in [5.41, 5.74) is 3.41. The van der Waals surface area contributed by atoms with Crippen LogP contribution in [0.5, 0.6) is 0 Å². The highest BCUT2D eigenvalue weighted by molar-refractivity contribution is 6.72. The van der Waals surface area contributed by atoms with Gasteiger partial charge >= 0.3 is 0 Å². The highest BCUT2D eigenvalue weighted by atomic mass is 28.4. The molecule has 4 aromatic carbocycles. The Morgan fingerprint density at radius 2 is 1.70 bits per heavy atom. The standard InChI is InChI=1S/C42H45FN4O5Si/c1-28-40(53(2,3)43)37(24-39(50)46(20-21-48)26-29-12-5-4-6-13-29)52-42(28)34-17-8-10-19-36(34)47(41(42)51)27-30-14-11-15-32(22-30)45-38(49)23-31-25-44-35-18-9-7-16-33(31)35/h4-19,22,25,28,37,40,44,48H,20-21,23-24,26-27H2,1-3H3,(H,45,49)/t28-,37+,40-,42+/m0/s1. The number of H-pyrrole nitrogens is 1. The van der Waals surface area contributed by atoms with Gasteiger partial charge < -0.3 is 34.1 Å². The van der Waals surface area contributed by atoms with E-state index in [-0.39, 0.29) is 50.3 Å². The lowest BCUT2D eigenvalue weighted by molar-refractivity contribution is -0.150. The average Bonchev–Trinajstić information content (AvgIpc) is 3.75. The number of carbonyl (C=O) groups excluding carboxylic acids is 3. The molecule has 0 radical (unpaired) electrons. The number of nitrogens with zero attached hydrogens (tertiary/aromatic N) is 2. The molecular formula is C42H45FN4O5Si. The Balaban J connectivity index is 1.12. The maximum atomic E-state index is 16.4. The molecule has 1 saturated heterocycles. The zero-order valence-electron chi connectivity index (χ0n) is 30.2. The van der Waals surface area contributed by atoms with Crippen molar-refractivity contribution >= 4 is 48.4 Å². The number of hydrogen-bond donors (Lipinski definition) is 3. The van der Waals surface area contributed by atoms with Gasteiger partial charge in [-0.2, -0.15) is 0 Å². The summed E-state index contributed by atoms with van der Waals surface area (Å²) >= 11 is 0. The predicted molar refractivity (Wildman–Crippen MR) is 206 cm³/mol. The Bertz CT molecular complexity index is 2130. The molecule has 0 saturated carbocycles. The van der Waals surface area contributed by atoms with Gasteiger partial charge in [-0.3, -0.25) is 14.4 Å². The Morgan fingerprint density at radius 1 is 0.981 bits per heavy atom. The molecule has 3 amide bonds. The van der Waals surface area contributed by atoms with Crippen LogP contribution in [-0.2, 0) is 44.2 Å². The number of aliphatic hydroxyl groups excluding tert-OH is 1. The van der Waals surface area contributed by atoms with E-state index >= 15 is 4.11 Å². The summed E-state index contributed by atoms with van der Waals surface area (Å²) in [7, 11) is -3.51. The SMILES string of the molecule is C[C@H]1[C@H]([Si](C)(C)F)[C@@H](CC(=O)N(CCO)Cc2ccccc2)O[C@]12C(=O)N(Cc1cccc(NC(=O)Cc3c[nH]c4ccccc34)c1)c1ccccc12. The van der Waals surface area contributed by atoms with Gasteiger partial charge in [0.2, 0.25) is 20.2 Å². The first-order valence-electron chi connectivity index (χ1n) is 18.1. The van der Waals surface area contributed by atoms with Gasteiger partial charge in [-0.25, -0.2) is 0 Å². The van der Waals surface area contributed by atoms with Gasteiger partial charge in [0.05, 0.1) is 37.8 Å². The summed E-state index contributed by atoms with van der Waals surface area (Å²) in [6.07, 6.45) is 1.10. The monoisotopic (exact) mass is 732 g/mol. The number of amides is 3. The van der Waals surface area contributed by atoms with Crippen molar-refractivity contribution in [2.75, 3.05) is 23.4 Å². The largest absolute Gasteiger partial charge is 0.395 e. The van der Waals surface area contributed by atoms with Crippen LogP contribution in [0, 0.1) is 5.92 Å². The molecule has 1 spiro atoms. The van der Waals surface area contributed by atoms with Crippen LogP contribution in [0.25, 0.3) is 10.9 Å². The number of halogens is 1. The number of fused-ring (bicyclic) bond motifs is 3. The van der Waals surface area contributed by atoms with Crippen LogP contribution in [-0.4, -0.2) is 60.4 Å². The summed E-state index contributed by atoms with van der Waals surface area (Å²) in [5.74, 6) is -1.28. The fourth-order valence-corrected chi connectivity index (χ4v) is 11.0. The van der Waals surface area contributed by atoms with Crippen molar-refractivity contribution in [1.29, 1.82) is 0 Å². The number of aromatic amines is 1. The number of rotatable bonds is 12. The maximum Gasteiger partial charge on any atom is 0.264 e. The quantitative estimate of drug-likeness (QED) is 0.0938. The van der Waals surface area contributed by atoms with E-state index in [9.17, 15) is 19.5 Å². The van der Waals surface area contributed by atoms with Gasteiger partial charge in [0.15, 0.2) is 5.60 Å². The van der Waals surface area contributed by atoms with Crippen molar-refractivity contribution in [3.8, 4) is 0 Å². The van der Waals surface area contributed by atoms with Crippen molar-refractivity contribution in [2.24, 2.45) is 5.92 Å². The average molecular weight is 733 g/mol. The van der Waals surface area contributed by atoms with E-state index in [2.05, 4.69) is 10.3 Å². The third-order valence-corrected chi connectivity index (χ3v) is 13.2. The molecule has 5 aromatic rings. The van der Waals surface area contributed by atoms with E-state index in [1.54, 1.807) is 22.9 Å². The van der Waals surface area contributed by atoms with Crippen molar-refractivity contribution in [3.63, 3.8) is 0 Å². The number of aliphatic hydroxyl groups is 1. The highest BCUT2D eigenvalue weighted by Crippen LogP contribution is 2.60. The van der Waals surface area contributed by atoms with Gasteiger partial charge in [-0.15, -0.1) is 0 Å². The molecule has 0 bridgehead atoms. The lowest BCUT2D eigenvalue weighted by Crippen LogP contribution is -2.45. The lowest BCUT2D eigenvalue weighted by Gasteiger charge is -2.31. The predicted octanol–water partition coefficient (Wildman–Crippen LogP) is 7.08. The lowest BCUT2D eigenvalue weighted by atomic mass is 9.82. The first kappa shape index (κ1) is 36.3. The Kier molecular flexibility index (Phi) is 10.1. The van der Waals surface area contributed by atoms with E-state index in [0.717, 1.165) is 27.6 Å². The molecule has 2 aliphatic rings. The molecule has 9 nitrogen and oxygen atoms in total. The topological polar surface area (TPSA) is 115 Å². The maximum absolute atomic E-state index is 16.4. The first-order valence-corrected chi connectivity index (χ1v) is 21.1. The summed E-state index contributed by atoms with van der Waals surface area (Å²) in [6.45, 7) is 5.52. The van der Waals surface area contributed by atoms with Crippen molar-refractivity contribution in [2.45, 2.75) is 63.2 Å². The Morgan fingerprint density at radius 3 is 2.47 bits per heavy atom. The van der Waals surface area contributed by atoms with Gasteiger partial charge in [0.25, 0.3) is 5.91 Å². The summed E-state index contributed by atoms with van der Waals surface area (Å²) in [6, 6.07) is 32.2. The van der Waals surface area contributed by atoms with E-state index in [1.165, 1.54) is 0 Å². The van der Waals surface area contributed by atoms with Crippen LogP contribution in [0.1, 0.15) is 35.6 Å². The minimum Gasteiger partial charge on any atom is -0.395 e. The number of anilines is 2. The van der Waals surface area contributed by atoms with Gasteiger partial charge in [0, 0.05) is 52.9 Å². The third-order valence-electron chi connectivity index (χ3n) is 10.8. The molecule has 11 heteroatoms. The Hall–Kier alpha value is -5.10. The minimum atomic E-state index is -3.51. The number of benzene rings is 4. The van der Waals surface area contributed by atoms with Crippen LogP contribution in [0.3, 0.4) is 0 Å². The molecule has 0 unspecified atom stereocenters. The fraction of sp³-hybridized carbons (Fsp3) is 0.310. The molecule has 7 rings (SSSR count). The first-order chi connectivity index (χ1) is 25.5. The van der Waals surface area contributed by atoms with Crippen LogP contribution in [0.15, 0.2) is 109 Å². The smallest absolute Gasteiger partial charge is 0.264 e. The van der Waals surface area contributed by atoms with Gasteiger partial charge in [-0.05, 0) is 54.0 Å². The van der Waals surface area contributed by atoms with Gasteiger partial charge in [-0.1, -0.05) is 85.8 Å². The minimum absolute atomic E-state index is 0.111. The second-order valence-corrected chi connectivity index (χ2v) is 18.5. The van der Waals surface area contributed by atoms with Crippen LogP contribution in [0.2, 0.25) is 18.6 Å². The number of aromatic nitrogens is 1. The molecule has 274 valence electrons. The second kappa shape index (κ2) is 14.7. The molecule has 53 heavy (non-hydrogen) atoms. The zero-order valence-corrected chi connectivity index (χ0v) is 31.2. The van der Waals surface area contributed by atoms with Crippen LogP contribution < -0.4 is 10.2 Å². The van der Waals surface area contributed by atoms with Crippen molar-refractivity contribution in [3.05, 3.63) is 132 Å². The molecular weight excluding hydrogens is 688 g/mol. The molecule has 3 N–H and O–H groups in total. The molecule has 1 fully saturated rings. The van der Waals surface area contributed by atoms with Gasteiger partial charge in [0.1, 0.15) is 0 Å². The highest BCUT2D eigenvalue weighted by Gasteiger charge is 2.67. The summed E-state index contributed by atoms with van der Waals surface area (Å²) in [5, 5.41) is 13.8. The molecule has 1 aromatic heterocycles. The molecule has 0 aliphatic carbocycles. The number of ether oxygens (including phenoxy) is 1. The van der Waals surface area contributed by atoms with Crippen LogP contribution in [0.4, 0.5) is 15.5 Å². The number of nitrogens with one attached hydrogen (secondary N) is 2. The second-order valence-electron chi connectivity index (χ2n) is 14.7. The normalized spacial score (nSPS) is 21.0. The van der Waals surface area contributed by atoms with E-state index < -0.39 is 31.6 Å². The third kappa shape index (κ3) is 7.04. The number of hydrogen-bond acceptors (Lipinski definition) is 5.